The first-order chi connectivity index (χ1) is 9.25. The Kier molecular flexibility index (Phi) is 3.98. The molecule has 1 spiro atoms. The molecule has 0 aromatic rings. The van der Waals surface area contributed by atoms with Crippen LogP contribution in [0.2, 0.25) is 0 Å². The Morgan fingerprint density at radius 3 is 2.35 bits per heavy atom. The zero-order chi connectivity index (χ0) is 15.0. The topological polar surface area (TPSA) is 49.9 Å². The maximum atomic E-state index is 12.0. The summed E-state index contributed by atoms with van der Waals surface area (Å²) < 4.78 is 5.40. The van der Waals surface area contributed by atoms with E-state index in [0.717, 1.165) is 25.9 Å². The van der Waals surface area contributed by atoms with Crippen LogP contribution >= 0.6 is 0 Å². The molecule has 5 heteroatoms. The summed E-state index contributed by atoms with van der Waals surface area (Å²) in [5, 5.41) is 0. The molecule has 5 nitrogen and oxygen atoms in total. The van der Waals surface area contributed by atoms with E-state index >= 15 is 0 Å². The Morgan fingerprint density at radius 1 is 1.30 bits per heavy atom. The van der Waals surface area contributed by atoms with Crippen LogP contribution in [0.1, 0.15) is 47.0 Å². The summed E-state index contributed by atoms with van der Waals surface area (Å²) in [5.41, 5.74) is -0.361. The van der Waals surface area contributed by atoms with Gasteiger partial charge in [0.1, 0.15) is 5.60 Å². The molecular weight excluding hydrogens is 256 g/mol. The largest absolute Gasteiger partial charge is 0.444 e. The van der Waals surface area contributed by atoms with E-state index < -0.39 is 5.60 Å². The van der Waals surface area contributed by atoms with E-state index in [2.05, 4.69) is 0 Å². The summed E-state index contributed by atoms with van der Waals surface area (Å²) >= 11 is 0. The number of ether oxygens (including phenoxy) is 1. The minimum absolute atomic E-state index is 0.0889. The highest BCUT2D eigenvalue weighted by molar-refractivity contribution is 5.79. The third kappa shape index (κ3) is 3.25. The molecule has 0 atom stereocenters. The minimum Gasteiger partial charge on any atom is -0.444 e. The fourth-order valence-corrected chi connectivity index (χ4v) is 3.09. The monoisotopic (exact) mass is 282 g/mol. The molecule has 2 heterocycles. The van der Waals surface area contributed by atoms with Gasteiger partial charge in [0.05, 0.1) is 0 Å². The first-order valence-corrected chi connectivity index (χ1v) is 7.50. The van der Waals surface area contributed by atoms with E-state index in [4.69, 9.17) is 4.74 Å². The molecule has 2 rings (SSSR count). The number of nitrogens with zero attached hydrogens (tertiary/aromatic N) is 2. The molecule has 2 fully saturated rings. The summed E-state index contributed by atoms with van der Waals surface area (Å²) in [6, 6.07) is 0. The number of hydrogen-bond acceptors (Lipinski definition) is 3. The smallest absolute Gasteiger partial charge is 0.410 e. The van der Waals surface area contributed by atoms with Crippen molar-refractivity contribution in [1.82, 2.24) is 9.80 Å². The lowest BCUT2D eigenvalue weighted by Crippen LogP contribution is -2.46. The van der Waals surface area contributed by atoms with Crippen molar-refractivity contribution in [2.45, 2.75) is 52.6 Å². The van der Waals surface area contributed by atoms with Crippen LogP contribution in [0.5, 0.6) is 0 Å². The Balaban J connectivity index is 1.90. The first-order valence-electron chi connectivity index (χ1n) is 7.50. The van der Waals surface area contributed by atoms with Gasteiger partial charge >= 0.3 is 6.09 Å². The highest BCUT2D eigenvalue weighted by Gasteiger charge is 2.45. The van der Waals surface area contributed by atoms with Crippen LogP contribution in [-0.4, -0.2) is 53.6 Å². The van der Waals surface area contributed by atoms with Crippen molar-refractivity contribution < 1.29 is 14.3 Å². The van der Waals surface area contributed by atoms with Crippen molar-refractivity contribution in [2.75, 3.05) is 26.2 Å². The molecule has 2 amide bonds. The Labute approximate surface area is 121 Å². The molecular formula is C15H26N2O3. The lowest BCUT2D eigenvalue weighted by atomic mass is 9.78. The molecule has 114 valence electrons. The number of likely N-dealkylation sites (tertiary alicyclic amines) is 2. The summed E-state index contributed by atoms with van der Waals surface area (Å²) in [7, 11) is 0. The van der Waals surface area contributed by atoms with Crippen molar-refractivity contribution in [1.29, 1.82) is 0 Å². The lowest BCUT2D eigenvalue weighted by Gasteiger charge is -2.39. The van der Waals surface area contributed by atoms with Crippen molar-refractivity contribution in [2.24, 2.45) is 5.41 Å². The highest BCUT2D eigenvalue weighted by atomic mass is 16.6. The number of carbonyl (C=O) groups is 2. The predicted octanol–water partition coefficient (Wildman–Crippen LogP) is 2.26. The maximum absolute atomic E-state index is 12.0. The summed E-state index contributed by atoms with van der Waals surface area (Å²) in [4.78, 5) is 27.6. The van der Waals surface area contributed by atoms with Gasteiger partial charge in [-0.3, -0.25) is 4.79 Å². The average molecular weight is 282 g/mol. The molecule has 0 radical (unpaired) electrons. The van der Waals surface area contributed by atoms with Crippen LogP contribution in [0.25, 0.3) is 0 Å². The van der Waals surface area contributed by atoms with E-state index in [-0.39, 0.29) is 17.4 Å². The first kappa shape index (κ1) is 15.1. The number of hydrogen-bond donors (Lipinski definition) is 0. The van der Waals surface area contributed by atoms with E-state index in [1.54, 1.807) is 4.90 Å². The second-order valence-corrected chi connectivity index (χ2v) is 7.05. The second kappa shape index (κ2) is 5.26. The molecule has 0 aromatic carbocycles. The Hall–Kier alpha value is -1.26. The molecule has 0 unspecified atom stereocenters. The Morgan fingerprint density at radius 2 is 1.90 bits per heavy atom. The molecule has 0 aliphatic carbocycles. The van der Waals surface area contributed by atoms with Gasteiger partial charge in [0.25, 0.3) is 0 Å². The van der Waals surface area contributed by atoms with Gasteiger partial charge in [-0.25, -0.2) is 4.79 Å². The minimum atomic E-state index is -0.450. The Bertz CT molecular complexity index is 392. The highest BCUT2D eigenvalue weighted by Crippen LogP contribution is 2.41. The number of carbonyl (C=O) groups excluding carboxylic acids is 2. The van der Waals surface area contributed by atoms with Crippen molar-refractivity contribution >= 4 is 12.0 Å². The number of piperidine rings is 1. The number of amides is 2. The van der Waals surface area contributed by atoms with Gasteiger partial charge in [-0.15, -0.1) is 0 Å². The maximum Gasteiger partial charge on any atom is 0.410 e. The van der Waals surface area contributed by atoms with E-state index in [1.807, 2.05) is 32.6 Å². The molecule has 0 bridgehead atoms. The molecule has 0 saturated carbocycles. The third-order valence-corrected chi connectivity index (χ3v) is 4.26. The van der Waals surface area contributed by atoms with Gasteiger partial charge in [-0.1, -0.05) is 0 Å². The summed E-state index contributed by atoms with van der Waals surface area (Å²) in [6.07, 6.45) is 2.20. The van der Waals surface area contributed by atoms with Crippen LogP contribution < -0.4 is 0 Å². The van der Waals surface area contributed by atoms with E-state index in [9.17, 15) is 9.59 Å². The number of rotatable bonds is 1. The lowest BCUT2D eigenvalue weighted by molar-refractivity contribution is -0.127. The van der Waals surface area contributed by atoms with Gasteiger partial charge in [0, 0.05) is 38.0 Å². The standard InChI is InChI=1S/C15H26N2O3/c1-5-16-11-15(10-12(16)18)6-8-17(9-7-15)13(19)20-14(2,3)4/h5-11H2,1-4H3. The van der Waals surface area contributed by atoms with Crippen LogP contribution in [0, 0.1) is 5.41 Å². The molecule has 20 heavy (non-hydrogen) atoms. The normalized spacial score (nSPS) is 22.5. The van der Waals surface area contributed by atoms with Crippen LogP contribution in [0.15, 0.2) is 0 Å². The van der Waals surface area contributed by atoms with Gasteiger partial charge in [0.2, 0.25) is 5.91 Å². The van der Waals surface area contributed by atoms with Crippen LogP contribution in [0.3, 0.4) is 0 Å². The van der Waals surface area contributed by atoms with Crippen LogP contribution in [0.4, 0.5) is 4.79 Å². The molecule has 0 N–H and O–H groups in total. The third-order valence-electron chi connectivity index (χ3n) is 4.26. The zero-order valence-electron chi connectivity index (χ0n) is 13.1. The predicted molar refractivity (Wildman–Crippen MR) is 76.3 cm³/mol. The SMILES string of the molecule is CCN1CC2(CCN(C(=O)OC(C)(C)C)CC2)CC1=O. The average Bonchev–Trinajstić information content (AvgIpc) is 2.64. The van der Waals surface area contributed by atoms with E-state index in [1.165, 1.54) is 0 Å². The fraction of sp³-hybridized carbons (Fsp3) is 0.867. The van der Waals surface area contributed by atoms with Crippen molar-refractivity contribution in [3.8, 4) is 0 Å². The fourth-order valence-electron chi connectivity index (χ4n) is 3.09. The summed E-state index contributed by atoms with van der Waals surface area (Å²) in [6.45, 7) is 10.7. The quantitative estimate of drug-likeness (QED) is 0.741. The molecule has 2 aliphatic heterocycles. The summed E-state index contributed by atoms with van der Waals surface area (Å²) in [5.74, 6) is 0.262. The van der Waals surface area contributed by atoms with Crippen LogP contribution in [-0.2, 0) is 9.53 Å². The van der Waals surface area contributed by atoms with Gasteiger partial charge in [0.15, 0.2) is 0 Å². The molecule has 2 saturated heterocycles. The second-order valence-electron chi connectivity index (χ2n) is 7.05. The molecule has 2 aliphatic rings. The molecule has 0 aromatic heterocycles. The van der Waals surface area contributed by atoms with E-state index in [0.29, 0.717) is 19.5 Å². The van der Waals surface area contributed by atoms with Crippen molar-refractivity contribution in [3.05, 3.63) is 0 Å². The van der Waals surface area contributed by atoms with Gasteiger partial charge in [-0.05, 0) is 40.5 Å². The van der Waals surface area contributed by atoms with Gasteiger partial charge in [-0.2, -0.15) is 0 Å². The van der Waals surface area contributed by atoms with Gasteiger partial charge < -0.3 is 14.5 Å². The zero-order valence-corrected chi connectivity index (χ0v) is 13.1. The van der Waals surface area contributed by atoms with Crippen molar-refractivity contribution in [3.63, 3.8) is 0 Å².